The molecule has 1 fully saturated rings. The van der Waals surface area contributed by atoms with Crippen LogP contribution in [0, 0.1) is 30.0 Å². The van der Waals surface area contributed by atoms with Crippen molar-refractivity contribution < 1.29 is 37.9 Å². The van der Waals surface area contributed by atoms with Crippen molar-refractivity contribution in [3.63, 3.8) is 0 Å². The van der Waals surface area contributed by atoms with E-state index in [1.165, 1.54) is 6.07 Å². The van der Waals surface area contributed by atoms with Crippen LogP contribution >= 0.6 is 0 Å². The van der Waals surface area contributed by atoms with Crippen LogP contribution in [0.25, 0.3) is 10.9 Å². The maximum Gasteiger partial charge on any atom is 0.243 e. The number of halogens is 1. The molecule has 0 spiro atoms. The van der Waals surface area contributed by atoms with Crippen molar-refractivity contribution in [1.29, 1.82) is 0 Å². The summed E-state index contributed by atoms with van der Waals surface area (Å²) in [5.74, 6) is -2.71. The van der Waals surface area contributed by atoms with Crippen molar-refractivity contribution in [2.45, 2.75) is 84.8 Å². The fourth-order valence-corrected chi connectivity index (χ4v) is 7.43. The van der Waals surface area contributed by atoms with Crippen molar-refractivity contribution in [2.75, 3.05) is 40.0 Å². The first-order valence-electron chi connectivity index (χ1n) is 20.3. The maximum atomic E-state index is 14.9. The number of amides is 6. The number of hydrogen-bond acceptors (Lipinski definition) is 9. The van der Waals surface area contributed by atoms with E-state index in [9.17, 15) is 33.2 Å². The molecule has 7 N–H and O–H groups in total. The van der Waals surface area contributed by atoms with Crippen LogP contribution in [0.5, 0.6) is 0 Å². The standard InChI is InChI=1S/C43H57FN8O7/c1-25(2)26(3)40(56)48-19-29-18-46-33-17-31(44)27(4)30-12-13-32(38(29)39(30)33)52-42(58)43(14-9-15-43)23-59-24-50-36(54)21-49-41(57)34(16-28-10-7-6-8-11-28)51-37(55)22-47-35(53)20-45-5/h6-8,10-11,17-18,25-26,32,34,45H,9,12-16,19-24H2,1-5H3,(H,47,53)(H,48,56)(H,49,57)(H,50,54)(H,51,55)(H,52,58)/t26?,32-,34-/m0/s1. The molecular formula is C43H57FN8O7. The summed E-state index contributed by atoms with van der Waals surface area (Å²) < 4.78 is 20.8. The summed E-state index contributed by atoms with van der Waals surface area (Å²) >= 11 is 0. The highest BCUT2D eigenvalue weighted by Gasteiger charge is 2.45. The number of benzene rings is 2. The van der Waals surface area contributed by atoms with Crippen LogP contribution in [-0.2, 0) is 52.9 Å². The normalized spacial score (nSPS) is 16.3. The van der Waals surface area contributed by atoms with E-state index < -0.39 is 35.2 Å². The van der Waals surface area contributed by atoms with Crippen molar-refractivity contribution in [3.8, 4) is 0 Å². The molecule has 0 radical (unpaired) electrons. The Kier molecular flexibility index (Phi) is 15.5. The molecule has 5 rings (SSSR count). The van der Waals surface area contributed by atoms with E-state index in [1.807, 2.05) is 39.0 Å². The Labute approximate surface area is 344 Å². The Morgan fingerprint density at radius 3 is 2.31 bits per heavy atom. The minimum atomic E-state index is -1.01. The van der Waals surface area contributed by atoms with Gasteiger partial charge in [-0.1, -0.05) is 57.5 Å². The van der Waals surface area contributed by atoms with Crippen LogP contribution in [0.1, 0.15) is 80.3 Å². The molecule has 1 unspecified atom stereocenters. The number of hydrogen-bond donors (Lipinski definition) is 7. The molecule has 2 aliphatic carbocycles. The molecule has 1 heterocycles. The summed E-state index contributed by atoms with van der Waals surface area (Å²) in [5, 5.41) is 20.1. The largest absolute Gasteiger partial charge is 0.360 e. The van der Waals surface area contributed by atoms with Gasteiger partial charge in [0.15, 0.2) is 0 Å². The molecule has 15 nitrogen and oxygen atoms in total. The number of rotatable bonds is 20. The maximum absolute atomic E-state index is 14.9. The summed E-state index contributed by atoms with van der Waals surface area (Å²) in [5.41, 5.74) is 3.46. The number of pyridine rings is 1. The summed E-state index contributed by atoms with van der Waals surface area (Å²) in [6.45, 7) is 6.99. The second kappa shape index (κ2) is 20.5. The quantitative estimate of drug-likeness (QED) is 0.0658. The van der Waals surface area contributed by atoms with Crippen molar-refractivity contribution in [1.82, 2.24) is 42.2 Å². The van der Waals surface area contributed by atoms with Crippen molar-refractivity contribution in [3.05, 3.63) is 76.2 Å². The highest BCUT2D eigenvalue weighted by Crippen LogP contribution is 2.44. The van der Waals surface area contributed by atoms with Crippen LogP contribution in [0.3, 0.4) is 0 Å². The van der Waals surface area contributed by atoms with Gasteiger partial charge in [-0.25, -0.2) is 4.39 Å². The van der Waals surface area contributed by atoms with E-state index in [4.69, 9.17) is 4.74 Å². The predicted octanol–water partition coefficient (Wildman–Crippen LogP) is 2.13. The number of carbonyl (C=O) groups is 6. The summed E-state index contributed by atoms with van der Waals surface area (Å²) in [4.78, 5) is 81.8. The molecule has 2 aliphatic rings. The van der Waals surface area contributed by atoms with Gasteiger partial charge < -0.3 is 42.0 Å². The lowest BCUT2D eigenvalue weighted by Crippen LogP contribution is -2.52. The van der Waals surface area contributed by atoms with Gasteiger partial charge in [-0.2, -0.15) is 0 Å². The molecule has 1 saturated carbocycles. The molecule has 3 aromatic rings. The minimum Gasteiger partial charge on any atom is -0.360 e. The van der Waals surface area contributed by atoms with Crippen LogP contribution in [-0.4, -0.2) is 86.5 Å². The third-order valence-corrected chi connectivity index (χ3v) is 11.5. The Hall–Kier alpha value is -5.48. The fraction of sp³-hybridized carbons (Fsp3) is 0.512. The minimum absolute atomic E-state index is 0.0330. The second-order valence-corrected chi connectivity index (χ2v) is 15.9. The van der Waals surface area contributed by atoms with E-state index in [0.717, 1.165) is 34.1 Å². The number of likely N-dealkylation sites (N-methyl/N-ethyl adjacent to an activating group) is 1. The van der Waals surface area contributed by atoms with Gasteiger partial charge in [-0.3, -0.25) is 33.8 Å². The van der Waals surface area contributed by atoms with E-state index in [2.05, 4.69) is 42.2 Å². The molecule has 3 atom stereocenters. The van der Waals surface area contributed by atoms with Gasteiger partial charge in [0.25, 0.3) is 0 Å². The first-order valence-corrected chi connectivity index (χ1v) is 20.3. The van der Waals surface area contributed by atoms with Crippen molar-refractivity contribution in [2.24, 2.45) is 17.3 Å². The molecule has 0 aliphatic heterocycles. The van der Waals surface area contributed by atoms with Gasteiger partial charge in [0, 0.05) is 36.5 Å². The smallest absolute Gasteiger partial charge is 0.243 e. The van der Waals surface area contributed by atoms with Crippen LogP contribution < -0.4 is 37.2 Å². The molecular weight excluding hydrogens is 760 g/mol. The number of nitrogens with one attached hydrogen (secondary N) is 7. The highest BCUT2D eigenvalue weighted by atomic mass is 19.1. The number of ether oxygens (including phenoxy) is 1. The Bertz CT molecular complexity index is 2020. The fourth-order valence-electron chi connectivity index (χ4n) is 7.43. The first-order chi connectivity index (χ1) is 28.2. The zero-order valence-electron chi connectivity index (χ0n) is 34.5. The molecule has 16 heteroatoms. The van der Waals surface area contributed by atoms with Crippen LogP contribution in [0.2, 0.25) is 0 Å². The number of aromatic nitrogens is 1. The van der Waals surface area contributed by atoms with E-state index >= 15 is 0 Å². The van der Waals surface area contributed by atoms with Crippen LogP contribution in [0.15, 0.2) is 42.6 Å². The summed E-state index contributed by atoms with van der Waals surface area (Å²) in [7, 11) is 1.60. The summed E-state index contributed by atoms with van der Waals surface area (Å²) in [6.07, 6.45) is 4.90. The third-order valence-electron chi connectivity index (χ3n) is 11.5. The molecule has 1 aromatic heterocycles. The molecule has 0 bridgehead atoms. The van der Waals surface area contributed by atoms with Gasteiger partial charge in [0.2, 0.25) is 35.4 Å². The van der Waals surface area contributed by atoms with Gasteiger partial charge in [-0.05, 0) is 73.4 Å². The van der Waals surface area contributed by atoms with Gasteiger partial charge >= 0.3 is 0 Å². The number of nitrogens with zero attached hydrogens (tertiary/aromatic N) is 1. The number of carbonyl (C=O) groups excluding carboxylic acids is 6. The van der Waals surface area contributed by atoms with E-state index in [0.29, 0.717) is 36.8 Å². The lowest BCUT2D eigenvalue weighted by molar-refractivity contribution is -0.143. The zero-order valence-corrected chi connectivity index (χ0v) is 34.5. The van der Waals surface area contributed by atoms with Gasteiger partial charge in [0.1, 0.15) is 18.6 Å². The SMILES string of the molecule is CNCC(=O)NCC(=O)N[C@@H](Cc1ccccc1)C(=O)NCC(=O)NCOCC1(C(=O)N[C@H]2CCc3c(C)c(F)cc4ncc(CNC(=O)C(C)C(C)C)c2c34)CCC1. The first kappa shape index (κ1) is 44.6. The molecule has 6 amide bonds. The predicted molar refractivity (Wildman–Crippen MR) is 219 cm³/mol. The summed E-state index contributed by atoms with van der Waals surface area (Å²) in [6, 6.07) is 9.06. The average molecular weight is 817 g/mol. The highest BCUT2D eigenvalue weighted by molar-refractivity contribution is 5.93. The molecule has 59 heavy (non-hydrogen) atoms. The van der Waals surface area contributed by atoms with Crippen LogP contribution in [0.4, 0.5) is 4.39 Å². The lowest BCUT2D eigenvalue weighted by atomic mass is 9.68. The van der Waals surface area contributed by atoms with Gasteiger partial charge in [-0.15, -0.1) is 0 Å². The Morgan fingerprint density at radius 2 is 1.63 bits per heavy atom. The van der Waals surface area contributed by atoms with Crippen molar-refractivity contribution >= 4 is 46.3 Å². The average Bonchev–Trinajstić information content (AvgIpc) is 3.20. The third kappa shape index (κ3) is 11.4. The Balaban J connectivity index is 1.17. The zero-order chi connectivity index (χ0) is 42.7. The Morgan fingerprint density at radius 1 is 0.915 bits per heavy atom. The van der Waals surface area contributed by atoms with E-state index in [1.54, 1.807) is 32.3 Å². The van der Waals surface area contributed by atoms with Gasteiger partial charge in [0.05, 0.1) is 43.2 Å². The topological polar surface area (TPSA) is 209 Å². The molecule has 318 valence electrons. The molecule has 2 aromatic carbocycles. The molecule has 0 saturated heterocycles. The lowest BCUT2D eigenvalue weighted by Gasteiger charge is -2.41. The monoisotopic (exact) mass is 816 g/mol. The second-order valence-electron chi connectivity index (χ2n) is 15.9. The number of aryl methyl sites for hydroxylation is 1. The van der Waals surface area contributed by atoms with E-state index in [-0.39, 0.29) is 81.3 Å².